The van der Waals surface area contributed by atoms with Crippen LogP contribution in [0, 0.1) is 17.2 Å². The molecule has 4 nitrogen and oxygen atoms in total. The first-order chi connectivity index (χ1) is 10.2. The topological polar surface area (TPSA) is 53.3 Å². The fourth-order valence-electron chi connectivity index (χ4n) is 3.24. The van der Waals surface area contributed by atoms with Crippen molar-refractivity contribution < 1.29 is 9.53 Å². The van der Waals surface area contributed by atoms with Crippen molar-refractivity contribution in [1.82, 2.24) is 4.90 Å². The molecule has 2 aliphatic heterocycles. The quantitative estimate of drug-likeness (QED) is 0.728. The monoisotopic (exact) mass is 286 g/mol. The van der Waals surface area contributed by atoms with Gasteiger partial charge in [0.05, 0.1) is 29.5 Å². The SMILES string of the molecule is CCCC1C(CC)C(C(=O)OCC)=C2C=C(C#N)C=CN21. The van der Waals surface area contributed by atoms with Gasteiger partial charge in [-0.2, -0.15) is 5.26 Å². The van der Waals surface area contributed by atoms with E-state index in [2.05, 4.69) is 24.8 Å². The summed E-state index contributed by atoms with van der Waals surface area (Å²) in [5.41, 5.74) is 2.16. The number of nitriles is 1. The molecule has 0 amide bonds. The number of hydrogen-bond acceptors (Lipinski definition) is 4. The maximum Gasteiger partial charge on any atom is 0.336 e. The Kier molecular flexibility index (Phi) is 4.85. The maximum atomic E-state index is 12.4. The van der Waals surface area contributed by atoms with Crippen LogP contribution in [0.2, 0.25) is 0 Å². The molecule has 2 rings (SSSR count). The zero-order valence-electron chi connectivity index (χ0n) is 12.9. The largest absolute Gasteiger partial charge is 0.463 e. The van der Waals surface area contributed by atoms with Gasteiger partial charge in [0.15, 0.2) is 0 Å². The van der Waals surface area contributed by atoms with Crippen LogP contribution in [0.15, 0.2) is 35.2 Å². The summed E-state index contributed by atoms with van der Waals surface area (Å²) in [7, 11) is 0. The molecular formula is C17H22N2O2. The van der Waals surface area contributed by atoms with Crippen LogP contribution in [0.5, 0.6) is 0 Å². The summed E-state index contributed by atoms with van der Waals surface area (Å²) in [6, 6.07) is 2.43. The van der Waals surface area contributed by atoms with Gasteiger partial charge in [0, 0.05) is 18.2 Å². The van der Waals surface area contributed by atoms with E-state index >= 15 is 0 Å². The zero-order chi connectivity index (χ0) is 15.4. The van der Waals surface area contributed by atoms with E-state index < -0.39 is 0 Å². The summed E-state index contributed by atoms with van der Waals surface area (Å²) in [5, 5.41) is 9.10. The first kappa shape index (κ1) is 15.4. The van der Waals surface area contributed by atoms with Gasteiger partial charge < -0.3 is 9.64 Å². The first-order valence-electron chi connectivity index (χ1n) is 7.67. The van der Waals surface area contributed by atoms with Crippen LogP contribution >= 0.6 is 0 Å². The molecule has 2 atom stereocenters. The van der Waals surface area contributed by atoms with Gasteiger partial charge in [0.1, 0.15) is 0 Å². The van der Waals surface area contributed by atoms with E-state index in [0.717, 1.165) is 30.5 Å². The van der Waals surface area contributed by atoms with Gasteiger partial charge in [-0.05, 0) is 31.9 Å². The molecule has 0 saturated carbocycles. The molecule has 2 unspecified atom stereocenters. The van der Waals surface area contributed by atoms with E-state index in [9.17, 15) is 4.79 Å². The van der Waals surface area contributed by atoms with Crippen molar-refractivity contribution in [1.29, 1.82) is 5.26 Å². The normalized spacial score (nSPS) is 23.7. The molecule has 21 heavy (non-hydrogen) atoms. The minimum Gasteiger partial charge on any atom is -0.463 e. The van der Waals surface area contributed by atoms with Crippen molar-refractivity contribution in [3.63, 3.8) is 0 Å². The summed E-state index contributed by atoms with van der Waals surface area (Å²) in [5.74, 6) is -0.0789. The lowest BCUT2D eigenvalue weighted by molar-refractivity contribution is -0.139. The minimum atomic E-state index is -0.244. The molecule has 4 heteroatoms. The maximum absolute atomic E-state index is 12.4. The molecule has 2 heterocycles. The van der Waals surface area contributed by atoms with Crippen LogP contribution < -0.4 is 0 Å². The number of carbonyl (C=O) groups is 1. The predicted molar refractivity (Wildman–Crippen MR) is 80.8 cm³/mol. The van der Waals surface area contributed by atoms with Gasteiger partial charge in [-0.15, -0.1) is 0 Å². The molecule has 0 aromatic heterocycles. The van der Waals surface area contributed by atoms with E-state index in [-0.39, 0.29) is 17.9 Å². The van der Waals surface area contributed by atoms with Crippen molar-refractivity contribution in [2.75, 3.05) is 6.61 Å². The highest BCUT2D eigenvalue weighted by atomic mass is 16.5. The van der Waals surface area contributed by atoms with Crippen LogP contribution in [-0.2, 0) is 9.53 Å². The lowest BCUT2D eigenvalue weighted by atomic mass is 9.89. The van der Waals surface area contributed by atoms with E-state index in [4.69, 9.17) is 10.00 Å². The Balaban J connectivity index is 2.48. The number of nitrogens with zero attached hydrogens (tertiary/aromatic N) is 2. The van der Waals surface area contributed by atoms with Crippen LogP contribution in [0.1, 0.15) is 40.0 Å². The van der Waals surface area contributed by atoms with Crippen molar-refractivity contribution in [3.8, 4) is 6.07 Å². The third-order valence-corrected chi connectivity index (χ3v) is 4.10. The standard InChI is InChI=1S/C17H22N2O2/c1-4-7-14-13(5-2)16(17(20)21-6-3)15-10-12(11-18)8-9-19(14)15/h8-10,13-14H,4-7H2,1-3H3. The average molecular weight is 286 g/mol. The molecule has 0 spiro atoms. The van der Waals surface area contributed by atoms with Gasteiger partial charge in [0.2, 0.25) is 0 Å². The van der Waals surface area contributed by atoms with E-state index in [1.165, 1.54) is 0 Å². The molecule has 0 fully saturated rings. The Bertz CT molecular complexity index is 552. The molecule has 0 aromatic rings. The van der Waals surface area contributed by atoms with Gasteiger partial charge in [-0.3, -0.25) is 0 Å². The molecule has 0 radical (unpaired) electrons. The fourth-order valence-corrected chi connectivity index (χ4v) is 3.24. The summed E-state index contributed by atoms with van der Waals surface area (Å²) >= 11 is 0. The van der Waals surface area contributed by atoms with Crippen molar-refractivity contribution in [2.24, 2.45) is 5.92 Å². The molecular weight excluding hydrogens is 264 g/mol. The zero-order valence-corrected chi connectivity index (χ0v) is 12.9. The number of esters is 1. The third kappa shape index (κ3) is 2.73. The molecule has 0 N–H and O–H groups in total. The smallest absolute Gasteiger partial charge is 0.336 e. The number of ether oxygens (including phenoxy) is 1. The van der Waals surface area contributed by atoms with Gasteiger partial charge in [0.25, 0.3) is 0 Å². The first-order valence-corrected chi connectivity index (χ1v) is 7.67. The number of rotatable bonds is 5. The van der Waals surface area contributed by atoms with Gasteiger partial charge >= 0.3 is 5.97 Å². The lowest BCUT2D eigenvalue weighted by Gasteiger charge is -2.29. The van der Waals surface area contributed by atoms with E-state index in [0.29, 0.717) is 12.2 Å². The van der Waals surface area contributed by atoms with Crippen LogP contribution in [0.4, 0.5) is 0 Å². The summed E-state index contributed by atoms with van der Waals surface area (Å²) in [6.07, 6.45) is 8.53. The van der Waals surface area contributed by atoms with Gasteiger partial charge in [-0.25, -0.2) is 4.79 Å². The van der Waals surface area contributed by atoms with Crippen molar-refractivity contribution >= 4 is 5.97 Å². The Labute approximate surface area is 126 Å². The highest BCUT2D eigenvalue weighted by molar-refractivity contribution is 5.91. The number of fused-ring (bicyclic) bond motifs is 1. The predicted octanol–water partition coefficient (Wildman–Crippen LogP) is 3.29. The Morgan fingerprint density at radius 3 is 2.76 bits per heavy atom. The summed E-state index contributed by atoms with van der Waals surface area (Å²) in [6.45, 7) is 6.44. The van der Waals surface area contributed by atoms with Crippen LogP contribution in [0.3, 0.4) is 0 Å². The summed E-state index contributed by atoms with van der Waals surface area (Å²) in [4.78, 5) is 14.5. The third-order valence-electron chi connectivity index (χ3n) is 4.10. The highest BCUT2D eigenvalue weighted by Crippen LogP contribution is 2.41. The van der Waals surface area contributed by atoms with Crippen LogP contribution in [0.25, 0.3) is 0 Å². The van der Waals surface area contributed by atoms with E-state index in [1.54, 1.807) is 0 Å². The molecule has 112 valence electrons. The Morgan fingerprint density at radius 2 is 2.19 bits per heavy atom. The van der Waals surface area contributed by atoms with Crippen molar-refractivity contribution in [2.45, 2.75) is 46.1 Å². The number of carbonyl (C=O) groups excluding carboxylic acids is 1. The summed E-state index contributed by atoms with van der Waals surface area (Å²) < 4.78 is 5.24. The van der Waals surface area contributed by atoms with Crippen molar-refractivity contribution in [3.05, 3.63) is 35.2 Å². The Morgan fingerprint density at radius 1 is 1.43 bits per heavy atom. The van der Waals surface area contributed by atoms with Gasteiger partial charge in [-0.1, -0.05) is 20.3 Å². The average Bonchev–Trinajstić information content (AvgIpc) is 2.80. The van der Waals surface area contributed by atoms with E-state index in [1.807, 2.05) is 25.3 Å². The highest BCUT2D eigenvalue weighted by Gasteiger charge is 2.41. The minimum absolute atomic E-state index is 0.165. The van der Waals surface area contributed by atoms with Crippen LogP contribution in [-0.4, -0.2) is 23.5 Å². The second-order valence-electron chi connectivity index (χ2n) is 5.32. The molecule has 2 aliphatic rings. The molecule has 0 aromatic carbocycles. The Hall–Kier alpha value is -2.02. The molecule has 0 bridgehead atoms. The molecule has 0 saturated heterocycles. The second kappa shape index (κ2) is 6.62. The lowest BCUT2D eigenvalue weighted by Crippen LogP contribution is -2.31. The number of allylic oxidation sites excluding steroid dienone is 3. The molecule has 0 aliphatic carbocycles. The second-order valence-corrected chi connectivity index (χ2v) is 5.32. The fraction of sp³-hybridized carbons (Fsp3) is 0.529. The number of hydrogen-bond donors (Lipinski definition) is 0.